The summed E-state index contributed by atoms with van der Waals surface area (Å²) >= 11 is 0. The number of para-hydroxylation sites is 5. The molecule has 12 aromatic rings. The summed E-state index contributed by atoms with van der Waals surface area (Å²) in [7, 11) is 0. The second-order valence-corrected chi connectivity index (χ2v) is 17.9. The molecule has 0 saturated heterocycles. The Morgan fingerprint density at radius 1 is 0.433 bits per heavy atom. The van der Waals surface area contributed by atoms with Crippen LogP contribution in [0.2, 0.25) is 0 Å². The molecule has 0 unspecified atom stereocenters. The van der Waals surface area contributed by atoms with Crippen molar-refractivity contribution in [1.29, 1.82) is 0 Å². The molecule has 2 aliphatic heterocycles. The average Bonchev–Trinajstić information content (AvgIpc) is 3.95. The summed E-state index contributed by atoms with van der Waals surface area (Å²) < 4.78 is 22.5. The molecule has 67 heavy (non-hydrogen) atoms. The lowest BCUT2D eigenvalue weighted by molar-refractivity contribution is 0.472. The van der Waals surface area contributed by atoms with Gasteiger partial charge in [0.2, 0.25) is 0 Å². The van der Waals surface area contributed by atoms with Crippen molar-refractivity contribution in [1.82, 2.24) is 13.7 Å². The van der Waals surface area contributed by atoms with E-state index in [1.54, 1.807) is 0 Å². The first-order valence-corrected chi connectivity index (χ1v) is 23.1. The molecule has 312 valence electrons. The van der Waals surface area contributed by atoms with Crippen molar-refractivity contribution in [3.05, 3.63) is 224 Å². The van der Waals surface area contributed by atoms with Crippen LogP contribution in [-0.2, 0) is 0 Å². The fourth-order valence-corrected chi connectivity index (χ4v) is 11.6. The van der Waals surface area contributed by atoms with Gasteiger partial charge in [0.05, 0.1) is 38.5 Å². The first kappa shape index (κ1) is 36.6. The number of rotatable bonds is 4. The molecule has 0 radical (unpaired) electrons. The van der Waals surface area contributed by atoms with E-state index >= 15 is 0 Å². The predicted molar refractivity (Wildman–Crippen MR) is 278 cm³/mol. The Morgan fingerprint density at radius 2 is 0.955 bits per heavy atom. The molecule has 0 saturated carbocycles. The number of ether oxygens (including phenoxy) is 2. The van der Waals surface area contributed by atoms with Crippen LogP contribution in [0.15, 0.2) is 218 Å². The third-order valence-corrected chi connectivity index (χ3v) is 14.3. The van der Waals surface area contributed by atoms with Crippen LogP contribution >= 0.6 is 0 Å². The minimum Gasteiger partial charge on any atom is -0.456 e. The predicted octanol–water partition coefficient (Wildman–Crippen LogP) is 13.6. The number of nitrogens with zero attached hydrogens (tertiary/aromatic N) is 3. The van der Waals surface area contributed by atoms with Gasteiger partial charge < -0.3 is 23.2 Å². The normalized spacial score (nSPS) is 13.9. The standard InChI is InChI=1S/C61H38BN3O2/c1-4-18-38(19-5-1)39-20-10-11-25-42(36-39)63-52-31-17-14-28-47(52)55-53(63)37-54-56-61(55)67-60-49(35-33-46-44-27-13-16-30-51(44)65(58(46)60)41-23-8-3-9-24-41)62(56)48-34-32-45-43-26-12-15-29-50(43)64(57(45)59(48)66-54)40-21-6-2-7-22-40/h1-9,11-37H,10H2. The molecule has 9 aromatic carbocycles. The molecular weight excluding hydrogens is 818 g/mol. The number of hydrogen-bond acceptors (Lipinski definition) is 2. The van der Waals surface area contributed by atoms with Gasteiger partial charge in [0.25, 0.3) is 6.71 Å². The van der Waals surface area contributed by atoms with Crippen molar-refractivity contribution < 1.29 is 9.47 Å². The lowest BCUT2D eigenvalue weighted by Crippen LogP contribution is -2.57. The monoisotopic (exact) mass is 855 g/mol. The Balaban J connectivity index is 1.09. The molecule has 0 fully saturated rings. The van der Waals surface area contributed by atoms with Crippen molar-refractivity contribution >= 4 is 99.8 Å². The van der Waals surface area contributed by atoms with Crippen molar-refractivity contribution in [3.63, 3.8) is 0 Å². The zero-order chi connectivity index (χ0) is 43.7. The third kappa shape index (κ3) is 5.10. The van der Waals surface area contributed by atoms with Crippen LogP contribution in [-0.4, -0.2) is 20.4 Å². The third-order valence-electron chi connectivity index (χ3n) is 14.3. The first-order chi connectivity index (χ1) is 33.3. The molecule has 0 atom stereocenters. The lowest BCUT2D eigenvalue weighted by atomic mass is 9.34. The van der Waals surface area contributed by atoms with E-state index in [2.05, 4.69) is 232 Å². The highest BCUT2D eigenvalue weighted by molar-refractivity contribution is 6.99. The largest absolute Gasteiger partial charge is 0.456 e. The maximum Gasteiger partial charge on any atom is 0.260 e. The van der Waals surface area contributed by atoms with E-state index < -0.39 is 0 Å². The summed E-state index contributed by atoms with van der Waals surface area (Å²) in [5.74, 6) is 3.36. The van der Waals surface area contributed by atoms with Gasteiger partial charge in [0, 0.05) is 55.5 Å². The van der Waals surface area contributed by atoms with E-state index in [0.29, 0.717) is 0 Å². The van der Waals surface area contributed by atoms with Crippen molar-refractivity contribution in [2.75, 3.05) is 0 Å². The molecule has 3 aliphatic rings. The number of aromatic nitrogens is 3. The highest BCUT2D eigenvalue weighted by atomic mass is 16.5. The molecule has 6 heteroatoms. The van der Waals surface area contributed by atoms with Crippen LogP contribution in [0, 0.1) is 0 Å². The Bertz CT molecular complexity index is 4160. The van der Waals surface area contributed by atoms with Gasteiger partial charge in [-0.3, -0.25) is 0 Å². The minimum absolute atomic E-state index is 0.202. The highest BCUT2D eigenvalue weighted by Crippen LogP contribution is 2.49. The second kappa shape index (κ2) is 13.9. The van der Waals surface area contributed by atoms with E-state index in [4.69, 9.17) is 9.47 Å². The van der Waals surface area contributed by atoms with Gasteiger partial charge in [-0.15, -0.1) is 0 Å². The van der Waals surface area contributed by atoms with Crippen LogP contribution < -0.4 is 25.9 Å². The maximum absolute atomic E-state index is 7.74. The van der Waals surface area contributed by atoms with Gasteiger partial charge in [0.1, 0.15) is 23.0 Å². The van der Waals surface area contributed by atoms with Crippen molar-refractivity contribution in [2.24, 2.45) is 0 Å². The quantitative estimate of drug-likeness (QED) is 0.165. The molecule has 0 amide bonds. The molecule has 0 N–H and O–H groups in total. The number of fused-ring (bicyclic) bond motifs is 16. The molecule has 0 bridgehead atoms. The number of hydrogen-bond donors (Lipinski definition) is 0. The zero-order valence-electron chi connectivity index (χ0n) is 36.2. The molecule has 3 aromatic heterocycles. The molecule has 5 heterocycles. The van der Waals surface area contributed by atoms with E-state index in [9.17, 15) is 0 Å². The summed E-state index contributed by atoms with van der Waals surface area (Å²) in [5.41, 5.74) is 15.4. The summed E-state index contributed by atoms with van der Waals surface area (Å²) in [6.45, 7) is -0.202. The second-order valence-electron chi connectivity index (χ2n) is 17.9. The Labute approximate surface area is 386 Å². The molecular formula is C61H38BN3O2. The van der Waals surface area contributed by atoms with Crippen LogP contribution in [0.4, 0.5) is 0 Å². The number of benzene rings is 9. The van der Waals surface area contributed by atoms with Gasteiger partial charge in [-0.05, 0) is 83.1 Å². The fourth-order valence-electron chi connectivity index (χ4n) is 11.6. The minimum atomic E-state index is -0.202. The van der Waals surface area contributed by atoms with E-state index in [-0.39, 0.29) is 6.71 Å². The molecule has 5 nitrogen and oxygen atoms in total. The van der Waals surface area contributed by atoms with Crippen molar-refractivity contribution in [3.8, 4) is 34.4 Å². The van der Waals surface area contributed by atoms with Crippen LogP contribution in [0.3, 0.4) is 0 Å². The zero-order valence-corrected chi connectivity index (χ0v) is 36.2. The van der Waals surface area contributed by atoms with Gasteiger partial charge >= 0.3 is 0 Å². The lowest BCUT2D eigenvalue weighted by Gasteiger charge is -2.34. The SMILES string of the molecule is C1=CC(n2c3ccccc3c3c4c5c(cc32)Oc2c(ccc3c6ccccc6n(-c6ccccc6)c23)B5c2ccc3c5ccccc5n(-c5ccccc5)c3c2O4)=CC(c2ccccc2)=CC1. The summed E-state index contributed by atoms with van der Waals surface area (Å²) in [4.78, 5) is 0. The van der Waals surface area contributed by atoms with E-state index in [1.807, 2.05) is 0 Å². The molecule has 0 spiro atoms. The van der Waals surface area contributed by atoms with E-state index in [1.165, 1.54) is 21.9 Å². The van der Waals surface area contributed by atoms with Gasteiger partial charge in [0.15, 0.2) is 0 Å². The van der Waals surface area contributed by atoms with Gasteiger partial charge in [-0.2, -0.15) is 0 Å². The fraction of sp³-hybridized carbons (Fsp3) is 0.0164. The topological polar surface area (TPSA) is 33.2 Å². The smallest absolute Gasteiger partial charge is 0.260 e. The maximum atomic E-state index is 7.74. The average molecular weight is 856 g/mol. The van der Waals surface area contributed by atoms with Gasteiger partial charge in [-0.25, -0.2) is 0 Å². The Hall–Kier alpha value is -8.74. The van der Waals surface area contributed by atoms with Crippen LogP contribution in [0.1, 0.15) is 12.0 Å². The molecule has 1 aliphatic carbocycles. The number of allylic oxidation sites excluding steroid dienone is 6. The summed E-state index contributed by atoms with van der Waals surface area (Å²) in [6.07, 6.45) is 10.0. The first-order valence-electron chi connectivity index (χ1n) is 23.1. The molecule has 15 rings (SSSR count). The summed E-state index contributed by atoms with van der Waals surface area (Å²) in [6, 6.07) is 69.9. The van der Waals surface area contributed by atoms with Gasteiger partial charge in [-0.1, -0.05) is 158 Å². The summed E-state index contributed by atoms with van der Waals surface area (Å²) in [5, 5.41) is 6.87. The van der Waals surface area contributed by atoms with Crippen LogP contribution in [0.25, 0.3) is 88.1 Å². The Morgan fingerprint density at radius 3 is 1.57 bits per heavy atom. The Kier molecular flexibility index (Phi) is 7.58. The van der Waals surface area contributed by atoms with E-state index in [0.717, 1.165) is 118 Å². The van der Waals surface area contributed by atoms with Crippen molar-refractivity contribution in [2.45, 2.75) is 6.42 Å². The highest BCUT2D eigenvalue weighted by Gasteiger charge is 2.44. The van der Waals surface area contributed by atoms with Crippen LogP contribution in [0.5, 0.6) is 23.0 Å².